The average Bonchev–Trinajstić information content (AvgIpc) is 2.39. The maximum absolute atomic E-state index is 13.2. The standard InChI is InChI=1S/C15H21FN2O/c1-11(12-6-5-7-13(16)10-12)18-14(19)15(17)8-3-2-4-9-15/h5-7,10-11H,2-4,8-9,17H2,1H3,(H,18,19)/t11-/m1/s1. The highest BCUT2D eigenvalue weighted by molar-refractivity contribution is 5.86. The van der Waals surface area contributed by atoms with E-state index in [1.807, 2.05) is 6.92 Å². The average molecular weight is 264 g/mol. The van der Waals surface area contributed by atoms with Gasteiger partial charge in [0.15, 0.2) is 0 Å². The van der Waals surface area contributed by atoms with Gasteiger partial charge in [0.2, 0.25) is 5.91 Å². The predicted octanol–water partition coefficient (Wildman–Crippen LogP) is 2.66. The van der Waals surface area contributed by atoms with Crippen molar-refractivity contribution in [3.63, 3.8) is 0 Å². The Hall–Kier alpha value is -1.42. The summed E-state index contributed by atoms with van der Waals surface area (Å²) < 4.78 is 13.2. The molecular formula is C15H21FN2O. The molecule has 1 atom stereocenters. The molecule has 3 N–H and O–H groups in total. The van der Waals surface area contributed by atoms with Gasteiger partial charge in [-0.2, -0.15) is 0 Å². The highest BCUT2D eigenvalue weighted by Crippen LogP contribution is 2.27. The van der Waals surface area contributed by atoms with Crippen LogP contribution in [0.5, 0.6) is 0 Å². The largest absolute Gasteiger partial charge is 0.348 e. The summed E-state index contributed by atoms with van der Waals surface area (Å²) in [7, 11) is 0. The second kappa shape index (κ2) is 5.70. The Morgan fingerprint density at radius 2 is 2.05 bits per heavy atom. The van der Waals surface area contributed by atoms with E-state index in [-0.39, 0.29) is 17.8 Å². The third-order valence-electron chi connectivity index (χ3n) is 3.89. The van der Waals surface area contributed by atoms with Gasteiger partial charge >= 0.3 is 0 Å². The molecule has 0 saturated heterocycles. The summed E-state index contributed by atoms with van der Waals surface area (Å²) in [5.74, 6) is -0.414. The zero-order valence-electron chi connectivity index (χ0n) is 11.3. The van der Waals surface area contributed by atoms with Crippen molar-refractivity contribution in [2.24, 2.45) is 5.73 Å². The zero-order valence-corrected chi connectivity index (χ0v) is 11.3. The van der Waals surface area contributed by atoms with Crippen LogP contribution < -0.4 is 11.1 Å². The van der Waals surface area contributed by atoms with E-state index in [1.165, 1.54) is 12.1 Å². The normalized spacial score (nSPS) is 19.7. The van der Waals surface area contributed by atoms with E-state index in [4.69, 9.17) is 5.73 Å². The Balaban J connectivity index is 2.02. The maximum Gasteiger partial charge on any atom is 0.240 e. The molecule has 19 heavy (non-hydrogen) atoms. The molecule has 3 nitrogen and oxygen atoms in total. The van der Waals surface area contributed by atoms with Gasteiger partial charge in [0.25, 0.3) is 0 Å². The van der Waals surface area contributed by atoms with Gasteiger partial charge in [-0.05, 0) is 37.5 Å². The van der Waals surface area contributed by atoms with Crippen LogP contribution in [0.4, 0.5) is 4.39 Å². The second-order valence-corrected chi connectivity index (χ2v) is 5.47. The monoisotopic (exact) mass is 264 g/mol. The molecule has 1 amide bonds. The number of hydrogen-bond donors (Lipinski definition) is 2. The fourth-order valence-corrected chi connectivity index (χ4v) is 2.61. The van der Waals surface area contributed by atoms with E-state index in [0.29, 0.717) is 0 Å². The fourth-order valence-electron chi connectivity index (χ4n) is 2.61. The predicted molar refractivity (Wildman–Crippen MR) is 73.0 cm³/mol. The molecule has 0 heterocycles. The summed E-state index contributed by atoms with van der Waals surface area (Å²) >= 11 is 0. The number of nitrogens with one attached hydrogen (secondary N) is 1. The van der Waals surface area contributed by atoms with Gasteiger partial charge in [-0.15, -0.1) is 0 Å². The minimum atomic E-state index is -0.750. The van der Waals surface area contributed by atoms with Crippen LogP contribution in [0, 0.1) is 5.82 Å². The summed E-state index contributed by atoms with van der Waals surface area (Å²) in [6.45, 7) is 1.85. The van der Waals surface area contributed by atoms with Crippen molar-refractivity contribution in [1.82, 2.24) is 5.32 Å². The third-order valence-corrected chi connectivity index (χ3v) is 3.89. The van der Waals surface area contributed by atoms with Crippen molar-refractivity contribution in [1.29, 1.82) is 0 Å². The summed E-state index contributed by atoms with van der Waals surface area (Å²) in [5.41, 5.74) is 6.18. The molecule has 1 aliphatic rings. The Labute approximate surface area is 113 Å². The Morgan fingerprint density at radius 3 is 2.68 bits per heavy atom. The van der Waals surface area contributed by atoms with Crippen LogP contribution in [0.3, 0.4) is 0 Å². The molecule has 104 valence electrons. The molecule has 1 aliphatic carbocycles. The number of carbonyl (C=O) groups is 1. The van der Waals surface area contributed by atoms with Crippen molar-refractivity contribution >= 4 is 5.91 Å². The van der Waals surface area contributed by atoms with Crippen LogP contribution in [0.25, 0.3) is 0 Å². The quantitative estimate of drug-likeness (QED) is 0.882. The van der Waals surface area contributed by atoms with E-state index >= 15 is 0 Å². The van der Waals surface area contributed by atoms with E-state index in [9.17, 15) is 9.18 Å². The molecule has 0 spiro atoms. The lowest BCUT2D eigenvalue weighted by atomic mass is 9.81. The highest BCUT2D eigenvalue weighted by atomic mass is 19.1. The van der Waals surface area contributed by atoms with E-state index < -0.39 is 5.54 Å². The van der Waals surface area contributed by atoms with Crippen LogP contribution >= 0.6 is 0 Å². The Morgan fingerprint density at radius 1 is 1.37 bits per heavy atom. The number of rotatable bonds is 3. The third kappa shape index (κ3) is 3.32. The number of nitrogens with two attached hydrogens (primary N) is 1. The van der Waals surface area contributed by atoms with Crippen LogP contribution in [0.15, 0.2) is 24.3 Å². The molecule has 1 saturated carbocycles. The number of amides is 1. The summed E-state index contributed by atoms with van der Waals surface area (Å²) in [5, 5.41) is 2.90. The highest BCUT2D eigenvalue weighted by Gasteiger charge is 2.35. The fraction of sp³-hybridized carbons (Fsp3) is 0.533. The number of hydrogen-bond acceptors (Lipinski definition) is 2. The van der Waals surface area contributed by atoms with Crippen molar-refractivity contribution in [3.8, 4) is 0 Å². The first-order valence-corrected chi connectivity index (χ1v) is 6.86. The van der Waals surface area contributed by atoms with Crippen LogP contribution in [0.2, 0.25) is 0 Å². The van der Waals surface area contributed by atoms with Crippen LogP contribution in [-0.4, -0.2) is 11.4 Å². The molecule has 1 fully saturated rings. The first-order valence-electron chi connectivity index (χ1n) is 6.86. The van der Waals surface area contributed by atoms with Gasteiger partial charge in [0.05, 0.1) is 11.6 Å². The second-order valence-electron chi connectivity index (χ2n) is 5.47. The molecule has 0 aromatic heterocycles. The Bertz CT molecular complexity index is 455. The Kier molecular flexibility index (Phi) is 4.20. The van der Waals surface area contributed by atoms with Gasteiger partial charge in [-0.25, -0.2) is 4.39 Å². The lowest BCUT2D eigenvalue weighted by Crippen LogP contribution is -2.55. The number of carbonyl (C=O) groups excluding carboxylic acids is 1. The van der Waals surface area contributed by atoms with Crippen LogP contribution in [0.1, 0.15) is 50.6 Å². The minimum absolute atomic E-state index is 0.121. The van der Waals surface area contributed by atoms with Gasteiger partial charge in [0.1, 0.15) is 5.82 Å². The first-order chi connectivity index (χ1) is 9.01. The summed E-state index contributed by atoms with van der Waals surface area (Å²) in [6, 6.07) is 6.05. The zero-order chi connectivity index (χ0) is 13.9. The molecule has 1 aromatic carbocycles. The molecule has 0 aliphatic heterocycles. The van der Waals surface area contributed by atoms with Crippen molar-refractivity contribution < 1.29 is 9.18 Å². The SMILES string of the molecule is C[C@@H](NC(=O)C1(N)CCCCC1)c1cccc(F)c1. The van der Waals surface area contributed by atoms with E-state index in [1.54, 1.807) is 12.1 Å². The summed E-state index contributed by atoms with van der Waals surface area (Å²) in [4.78, 5) is 12.3. The van der Waals surface area contributed by atoms with Gasteiger partial charge in [-0.3, -0.25) is 4.79 Å². The summed E-state index contributed by atoms with van der Waals surface area (Å²) in [6.07, 6.45) is 4.60. The lowest BCUT2D eigenvalue weighted by Gasteiger charge is -2.33. The molecule has 0 radical (unpaired) electrons. The first kappa shape index (κ1) is 14.0. The van der Waals surface area contributed by atoms with E-state index in [0.717, 1.165) is 37.7 Å². The van der Waals surface area contributed by atoms with Gasteiger partial charge < -0.3 is 11.1 Å². The van der Waals surface area contributed by atoms with Gasteiger partial charge in [-0.1, -0.05) is 31.4 Å². The number of benzene rings is 1. The molecule has 2 rings (SSSR count). The maximum atomic E-state index is 13.2. The van der Waals surface area contributed by atoms with Crippen molar-refractivity contribution in [3.05, 3.63) is 35.6 Å². The van der Waals surface area contributed by atoms with Crippen molar-refractivity contribution in [2.45, 2.75) is 50.6 Å². The minimum Gasteiger partial charge on any atom is -0.348 e. The van der Waals surface area contributed by atoms with Gasteiger partial charge in [0, 0.05) is 0 Å². The number of halogens is 1. The topological polar surface area (TPSA) is 55.1 Å². The smallest absolute Gasteiger partial charge is 0.240 e. The molecule has 0 unspecified atom stereocenters. The van der Waals surface area contributed by atoms with E-state index in [2.05, 4.69) is 5.32 Å². The van der Waals surface area contributed by atoms with Crippen LogP contribution in [-0.2, 0) is 4.79 Å². The molecule has 1 aromatic rings. The van der Waals surface area contributed by atoms with Crippen molar-refractivity contribution in [2.75, 3.05) is 0 Å². The molecular weight excluding hydrogens is 243 g/mol. The lowest BCUT2D eigenvalue weighted by molar-refractivity contribution is -0.128. The molecule has 0 bridgehead atoms. The molecule has 4 heteroatoms.